The normalized spacial score (nSPS) is 11.5. The van der Waals surface area contributed by atoms with E-state index < -0.39 is 0 Å². The van der Waals surface area contributed by atoms with Gasteiger partial charge in [-0.2, -0.15) is 0 Å². The van der Waals surface area contributed by atoms with E-state index in [9.17, 15) is 9.59 Å². The fraction of sp³-hybridized carbons (Fsp3) is 0.957. The molecule has 6 heteroatoms. The van der Waals surface area contributed by atoms with Crippen LogP contribution in [0, 0.1) is 0 Å². The lowest BCUT2D eigenvalue weighted by atomic mass is 10.0. The van der Waals surface area contributed by atoms with Crippen molar-refractivity contribution in [1.29, 1.82) is 0 Å². The van der Waals surface area contributed by atoms with Crippen LogP contribution in [-0.4, -0.2) is 61.4 Å². The van der Waals surface area contributed by atoms with Gasteiger partial charge in [-0.3, -0.25) is 9.59 Å². The number of ether oxygens (including phenoxy) is 2. The van der Waals surface area contributed by atoms with Gasteiger partial charge < -0.3 is 19.5 Å². The Kier molecular flexibility index (Phi) is 56.2. The lowest BCUT2D eigenvalue weighted by Gasteiger charge is -2.21. The van der Waals surface area contributed by atoms with E-state index in [0.717, 1.165) is 32.2 Å². The van der Waals surface area contributed by atoms with E-state index in [4.69, 9.17) is 14.6 Å². The van der Waals surface area contributed by atoms with Crippen LogP contribution < -0.4 is 0 Å². The number of hydrogen-bond acceptors (Lipinski definition) is 6. The molecule has 1 unspecified atom stereocenters. The lowest BCUT2D eigenvalue weighted by Crippen LogP contribution is -2.29. The molecule has 0 aromatic carbocycles. The summed E-state index contributed by atoms with van der Waals surface area (Å²) in [6.07, 6.45) is 42.2. The Morgan fingerprint density at radius 3 is 0.887 bits per heavy atom. The van der Waals surface area contributed by atoms with Crippen molar-refractivity contribution in [3.8, 4) is 0 Å². The minimum absolute atomic E-state index is 0.171. The van der Waals surface area contributed by atoms with Gasteiger partial charge in [0.1, 0.15) is 12.2 Å². The summed E-state index contributed by atoms with van der Waals surface area (Å²) in [5.74, 6) is 0. The Bertz CT molecular complexity index is 620. The van der Waals surface area contributed by atoms with Crippen LogP contribution in [0.15, 0.2) is 0 Å². The number of unbranched alkanes of at least 4 members (excludes halogenated alkanes) is 23. The molecule has 0 radical (unpaired) electrons. The maximum atomic E-state index is 10.5. The third-order valence-electron chi connectivity index (χ3n) is 10.3. The standard InChI is InChI=1S/C18H36O2.C15H30O2.C14H31NO/c1-3-5-7-9-11-13-15-18(20-17-19)16-14-12-10-8-6-4-2;1-3-5-7-9-11-13-15(17-14-16)12-10-8-6-4-2;1-3-5-7-9-11-15(13-14-16)12-10-8-6-4-2/h17-18H,3-16H2,1-2H3;14-15H,3-13H2,1-2H3;16H,3-14H2,1-2H3. The lowest BCUT2D eigenvalue weighted by molar-refractivity contribution is -0.135. The molecule has 53 heavy (non-hydrogen) atoms. The van der Waals surface area contributed by atoms with Gasteiger partial charge in [0.15, 0.2) is 0 Å². The van der Waals surface area contributed by atoms with Crippen LogP contribution in [0.25, 0.3) is 0 Å². The first-order valence-electron chi connectivity index (χ1n) is 23.6. The molecular formula is C47H97NO5. The quantitative estimate of drug-likeness (QED) is 0.0495. The molecule has 0 spiro atoms. The molecule has 0 saturated carbocycles. The van der Waals surface area contributed by atoms with Crippen LogP contribution in [0.4, 0.5) is 0 Å². The second kappa shape index (κ2) is 53.0. The minimum atomic E-state index is 0.171. The first-order chi connectivity index (χ1) is 26.0. The van der Waals surface area contributed by atoms with Gasteiger partial charge in [-0.15, -0.1) is 0 Å². The molecule has 0 aromatic heterocycles. The zero-order valence-electron chi connectivity index (χ0n) is 37.0. The van der Waals surface area contributed by atoms with E-state index in [1.807, 2.05) is 0 Å². The number of hydrogen-bond donors (Lipinski definition) is 1. The molecule has 0 saturated heterocycles. The summed E-state index contributed by atoms with van der Waals surface area (Å²) in [5, 5.41) is 9.00. The topological polar surface area (TPSA) is 76.1 Å². The number of nitrogens with zero attached hydrogens (tertiary/aromatic N) is 1. The van der Waals surface area contributed by atoms with Crippen molar-refractivity contribution in [2.45, 2.75) is 266 Å². The molecule has 1 atom stereocenters. The second-order valence-electron chi connectivity index (χ2n) is 15.6. The zero-order chi connectivity index (χ0) is 39.7. The smallest absolute Gasteiger partial charge is 0.293 e. The Morgan fingerprint density at radius 2 is 0.623 bits per heavy atom. The third kappa shape index (κ3) is 50.9. The van der Waals surface area contributed by atoms with E-state index in [1.54, 1.807) is 0 Å². The van der Waals surface area contributed by atoms with Crippen LogP contribution in [0.1, 0.15) is 253 Å². The minimum Gasteiger partial charge on any atom is -0.465 e. The molecule has 1 N–H and O–H groups in total. The Morgan fingerprint density at radius 1 is 0.377 bits per heavy atom. The van der Waals surface area contributed by atoms with Crippen molar-refractivity contribution in [2.24, 2.45) is 0 Å². The van der Waals surface area contributed by atoms with Crippen molar-refractivity contribution < 1.29 is 24.2 Å². The largest absolute Gasteiger partial charge is 0.465 e. The van der Waals surface area contributed by atoms with Crippen LogP contribution in [-0.2, 0) is 19.1 Å². The molecule has 0 aromatic rings. The van der Waals surface area contributed by atoms with E-state index >= 15 is 0 Å². The van der Waals surface area contributed by atoms with Gasteiger partial charge in [0.25, 0.3) is 12.9 Å². The maximum Gasteiger partial charge on any atom is 0.293 e. The van der Waals surface area contributed by atoms with Crippen LogP contribution in [0.2, 0.25) is 0 Å². The van der Waals surface area contributed by atoms with Gasteiger partial charge in [-0.25, -0.2) is 0 Å². The molecule has 0 aliphatic heterocycles. The molecule has 0 amide bonds. The van der Waals surface area contributed by atoms with Crippen molar-refractivity contribution in [3.63, 3.8) is 0 Å². The summed E-state index contributed by atoms with van der Waals surface area (Å²) < 4.78 is 10.4. The summed E-state index contributed by atoms with van der Waals surface area (Å²) in [4.78, 5) is 23.4. The average Bonchev–Trinajstić information content (AvgIpc) is 3.16. The number of aliphatic hydroxyl groups excluding tert-OH is 1. The van der Waals surface area contributed by atoms with Gasteiger partial charge in [0.2, 0.25) is 0 Å². The van der Waals surface area contributed by atoms with Gasteiger partial charge >= 0.3 is 0 Å². The summed E-state index contributed by atoms with van der Waals surface area (Å²) in [5.41, 5.74) is 0. The fourth-order valence-corrected chi connectivity index (χ4v) is 6.80. The van der Waals surface area contributed by atoms with Crippen molar-refractivity contribution in [1.82, 2.24) is 4.90 Å². The number of aliphatic hydroxyl groups is 1. The van der Waals surface area contributed by atoms with Gasteiger partial charge in [0, 0.05) is 6.54 Å². The van der Waals surface area contributed by atoms with E-state index in [2.05, 4.69) is 46.4 Å². The molecule has 0 rings (SSSR count). The number of carbonyl (C=O) groups excluding carboxylic acids is 2. The molecule has 0 bridgehead atoms. The highest BCUT2D eigenvalue weighted by Gasteiger charge is 2.10. The van der Waals surface area contributed by atoms with Crippen molar-refractivity contribution in [3.05, 3.63) is 0 Å². The second-order valence-corrected chi connectivity index (χ2v) is 15.6. The van der Waals surface area contributed by atoms with Crippen molar-refractivity contribution >= 4 is 12.9 Å². The average molecular weight is 756 g/mol. The van der Waals surface area contributed by atoms with Gasteiger partial charge in [0.05, 0.1) is 6.61 Å². The summed E-state index contributed by atoms with van der Waals surface area (Å²) in [6.45, 7) is 18.2. The SMILES string of the molecule is CCCCCCCC(CCCCCC)OC=O.CCCCCCCCC(CCCCCCCC)OC=O.CCCCCCN(CCO)CCCCCC. The maximum absolute atomic E-state index is 10.5. The number of rotatable bonds is 41. The molecule has 0 aliphatic rings. The first kappa shape index (κ1) is 56.2. The summed E-state index contributed by atoms with van der Waals surface area (Å²) in [7, 11) is 0. The molecule has 0 aliphatic carbocycles. The number of carbonyl (C=O) groups is 2. The Balaban J connectivity index is -0.000000713. The highest BCUT2D eigenvalue weighted by Crippen LogP contribution is 2.17. The zero-order valence-corrected chi connectivity index (χ0v) is 37.0. The predicted octanol–water partition coefficient (Wildman–Crippen LogP) is 14.3. The molecule has 320 valence electrons. The van der Waals surface area contributed by atoms with Crippen LogP contribution >= 0.6 is 0 Å². The highest BCUT2D eigenvalue weighted by atomic mass is 16.5. The summed E-state index contributed by atoms with van der Waals surface area (Å²) >= 11 is 0. The van der Waals surface area contributed by atoms with Crippen LogP contribution in [0.5, 0.6) is 0 Å². The monoisotopic (exact) mass is 756 g/mol. The molecule has 0 heterocycles. The molecule has 6 nitrogen and oxygen atoms in total. The summed E-state index contributed by atoms with van der Waals surface area (Å²) in [6, 6.07) is 0. The Hall–Kier alpha value is -1.14. The highest BCUT2D eigenvalue weighted by molar-refractivity contribution is 5.37. The third-order valence-corrected chi connectivity index (χ3v) is 10.3. The van der Waals surface area contributed by atoms with E-state index in [-0.39, 0.29) is 12.2 Å². The predicted molar refractivity (Wildman–Crippen MR) is 232 cm³/mol. The van der Waals surface area contributed by atoms with Gasteiger partial charge in [-0.1, -0.05) is 189 Å². The van der Waals surface area contributed by atoms with Gasteiger partial charge in [-0.05, 0) is 77.3 Å². The Labute approximate surface area is 333 Å². The fourth-order valence-electron chi connectivity index (χ4n) is 6.80. The van der Waals surface area contributed by atoms with E-state index in [1.165, 1.54) is 199 Å². The molecular weight excluding hydrogens is 659 g/mol. The van der Waals surface area contributed by atoms with Crippen molar-refractivity contribution in [2.75, 3.05) is 26.2 Å². The molecule has 0 fully saturated rings. The van der Waals surface area contributed by atoms with Crippen LogP contribution in [0.3, 0.4) is 0 Å². The first-order valence-corrected chi connectivity index (χ1v) is 23.6. The van der Waals surface area contributed by atoms with E-state index in [0.29, 0.717) is 19.6 Å².